The number of allylic oxidation sites excluding steroid dienone is 8. The second kappa shape index (κ2) is 9.07. The maximum atomic E-state index is 2.74. The van der Waals surface area contributed by atoms with Crippen LogP contribution in [0.2, 0.25) is 0 Å². The first kappa shape index (κ1) is 23.1. The number of fused-ring (bicyclic) bond motifs is 2. The Kier molecular flexibility index (Phi) is 6.77. The van der Waals surface area contributed by atoms with Gasteiger partial charge in [0.15, 0.2) is 0 Å². The normalized spacial score (nSPS) is 40.6. The Balaban J connectivity index is 1.72. The predicted molar refractivity (Wildman–Crippen MR) is 136 cm³/mol. The summed E-state index contributed by atoms with van der Waals surface area (Å²) >= 11 is 0. The van der Waals surface area contributed by atoms with Crippen LogP contribution in [0.1, 0.15) is 87.5 Å². The Morgan fingerprint density at radius 1 is 0.774 bits per heavy atom. The van der Waals surface area contributed by atoms with Crippen LogP contribution >= 0.6 is 0 Å². The van der Waals surface area contributed by atoms with E-state index in [1.807, 2.05) is 5.57 Å². The molecule has 172 valence electrons. The van der Waals surface area contributed by atoms with Gasteiger partial charge in [-0.2, -0.15) is 0 Å². The lowest BCUT2D eigenvalue weighted by atomic mass is 9.68. The van der Waals surface area contributed by atoms with Crippen molar-refractivity contribution in [2.24, 2.45) is 59.2 Å². The Morgan fingerprint density at radius 2 is 1.42 bits per heavy atom. The van der Waals surface area contributed by atoms with Gasteiger partial charge in [-0.25, -0.2) is 0 Å². The van der Waals surface area contributed by atoms with Crippen LogP contribution in [0.25, 0.3) is 0 Å². The van der Waals surface area contributed by atoms with Crippen molar-refractivity contribution in [1.29, 1.82) is 0 Å². The molecule has 0 aliphatic heterocycles. The molecule has 0 nitrogen and oxygen atoms in total. The number of hydrogen-bond donors (Lipinski definition) is 0. The summed E-state index contributed by atoms with van der Waals surface area (Å²) in [7, 11) is 0. The molecule has 0 heterocycles. The molecule has 8 atom stereocenters. The number of rotatable bonds is 4. The highest BCUT2D eigenvalue weighted by Gasteiger charge is 2.44. The summed E-state index contributed by atoms with van der Waals surface area (Å²) in [6.45, 7) is 19.6. The molecular weight excluding hydrogens is 372 g/mol. The standard InChI is InChI=1S/C31H48/c1-18(2)25-12-9-20(5)26-13-11-22(7)31(26)30(25)16-24-15-23(8)28(19(3)4)17-29-21(6)10-14-27(24)29/h9,12,15,17-19,21-23,26-27,29-31H,10-11,13-14,16H2,1-8H3/t21?,22?,23-,26?,27?,29?,30?,31?/m1/s1. The minimum atomic E-state index is 0.599. The second-order valence-electron chi connectivity index (χ2n) is 12.4. The molecular formula is C31H48. The second-order valence-corrected chi connectivity index (χ2v) is 12.4. The van der Waals surface area contributed by atoms with Gasteiger partial charge in [-0.1, -0.05) is 95.1 Å². The van der Waals surface area contributed by atoms with E-state index in [1.165, 1.54) is 32.1 Å². The summed E-state index contributed by atoms with van der Waals surface area (Å²) in [6, 6.07) is 0. The fourth-order valence-electron chi connectivity index (χ4n) is 8.05. The zero-order valence-corrected chi connectivity index (χ0v) is 21.6. The van der Waals surface area contributed by atoms with Gasteiger partial charge in [-0.3, -0.25) is 0 Å². The van der Waals surface area contributed by atoms with E-state index in [2.05, 4.69) is 79.7 Å². The van der Waals surface area contributed by atoms with Crippen molar-refractivity contribution in [2.75, 3.05) is 0 Å². The van der Waals surface area contributed by atoms with Gasteiger partial charge >= 0.3 is 0 Å². The van der Waals surface area contributed by atoms with Gasteiger partial charge in [-0.05, 0) is 98.2 Å². The molecule has 0 heteroatoms. The van der Waals surface area contributed by atoms with Crippen molar-refractivity contribution >= 4 is 0 Å². The quantitative estimate of drug-likeness (QED) is 0.398. The van der Waals surface area contributed by atoms with Crippen molar-refractivity contribution in [3.63, 3.8) is 0 Å². The summed E-state index contributed by atoms with van der Waals surface area (Å²) in [4.78, 5) is 0. The fourth-order valence-corrected chi connectivity index (χ4v) is 8.05. The molecule has 0 radical (unpaired) electrons. The topological polar surface area (TPSA) is 0 Å². The zero-order valence-electron chi connectivity index (χ0n) is 21.6. The molecule has 31 heavy (non-hydrogen) atoms. The van der Waals surface area contributed by atoms with Crippen molar-refractivity contribution in [3.8, 4) is 0 Å². The first-order valence-corrected chi connectivity index (χ1v) is 13.5. The maximum Gasteiger partial charge on any atom is -0.00462 e. The number of hydrogen-bond acceptors (Lipinski definition) is 0. The van der Waals surface area contributed by atoms with Gasteiger partial charge in [-0.15, -0.1) is 0 Å². The van der Waals surface area contributed by atoms with Crippen molar-refractivity contribution in [3.05, 3.63) is 46.6 Å². The molecule has 0 aromatic heterocycles. The monoisotopic (exact) mass is 420 g/mol. The molecule has 0 bridgehead atoms. The van der Waals surface area contributed by atoms with Gasteiger partial charge in [0.05, 0.1) is 0 Å². The Hall–Kier alpha value is -1.04. The van der Waals surface area contributed by atoms with Crippen molar-refractivity contribution in [1.82, 2.24) is 0 Å². The smallest absolute Gasteiger partial charge is 0.00462 e. The highest BCUT2D eigenvalue weighted by Crippen LogP contribution is 2.54. The average Bonchev–Trinajstić information content (AvgIpc) is 3.17. The van der Waals surface area contributed by atoms with Crippen LogP contribution in [0.3, 0.4) is 0 Å². The summed E-state index contributed by atoms with van der Waals surface area (Å²) in [5.74, 6) is 7.52. The van der Waals surface area contributed by atoms with E-state index < -0.39 is 0 Å². The molecule has 4 rings (SSSR count). The molecule has 0 N–H and O–H groups in total. The molecule has 0 spiro atoms. The van der Waals surface area contributed by atoms with E-state index in [-0.39, 0.29) is 0 Å². The third-order valence-corrected chi connectivity index (χ3v) is 9.77. The minimum Gasteiger partial charge on any atom is -0.0805 e. The molecule has 0 aromatic rings. The molecule has 0 amide bonds. The summed E-state index contributed by atoms with van der Waals surface area (Å²) in [6.07, 6.45) is 17.5. The van der Waals surface area contributed by atoms with Crippen LogP contribution < -0.4 is 0 Å². The van der Waals surface area contributed by atoms with Crippen LogP contribution in [-0.4, -0.2) is 0 Å². The molecule has 2 saturated carbocycles. The minimum absolute atomic E-state index is 0.599. The molecule has 4 aliphatic rings. The molecule has 4 aliphatic carbocycles. The van der Waals surface area contributed by atoms with Crippen molar-refractivity contribution in [2.45, 2.75) is 87.5 Å². The van der Waals surface area contributed by atoms with Crippen LogP contribution in [0.4, 0.5) is 0 Å². The molecule has 0 aromatic carbocycles. The lowest BCUT2D eigenvalue weighted by Gasteiger charge is -2.36. The van der Waals surface area contributed by atoms with E-state index >= 15 is 0 Å². The molecule has 7 unspecified atom stereocenters. The van der Waals surface area contributed by atoms with Crippen LogP contribution in [0.15, 0.2) is 46.6 Å². The third kappa shape index (κ3) is 4.30. The average molecular weight is 421 g/mol. The Bertz CT molecular complexity index is 785. The highest BCUT2D eigenvalue weighted by molar-refractivity contribution is 5.33. The van der Waals surface area contributed by atoms with Gasteiger partial charge < -0.3 is 0 Å². The van der Waals surface area contributed by atoms with Gasteiger partial charge in [0.2, 0.25) is 0 Å². The molecule has 0 saturated heterocycles. The Labute approximate surface area is 193 Å². The van der Waals surface area contributed by atoms with E-state index in [1.54, 1.807) is 16.7 Å². The van der Waals surface area contributed by atoms with Gasteiger partial charge in [0.25, 0.3) is 0 Å². The van der Waals surface area contributed by atoms with Gasteiger partial charge in [0.1, 0.15) is 0 Å². The maximum absolute atomic E-state index is 2.74. The third-order valence-electron chi connectivity index (χ3n) is 9.77. The van der Waals surface area contributed by atoms with E-state index in [9.17, 15) is 0 Å². The van der Waals surface area contributed by atoms with Crippen LogP contribution in [0, 0.1) is 59.2 Å². The first-order chi connectivity index (χ1) is 14.7. The predicted octanol–water partition coefficient (Wildman–Crippen LogP) is 9.02. The lowest BCUT2D eigenvalue weighted by molar-refractivity contribution is 0.246. The lowest BCUT2D eigenvalue weighted by Crippen LogP contribution is -2.28. The van der Waals surface area contributed by atoms with Crippen LogP contribution in [-0.2, 0) is 0 Å². The SMILES string of the molecule is CC1=CC=C(C(C)C)C(CC2=C[C@@H](C)C(C(C)C)=CC3C(C)CCC23)C2C(C)CCC12. The van der Waals surface area contributed by atoms with E-state index in [4.69, 9.17) is 0 Å². The van der Waals surface area contributed by atoms with E-state index in [0.717, 1.165) is 41.4 Å². The van der Waals surface area contributed by atoms with E-state index in [0.29, 0.717) is 17.8 Å². The first-order valence-electron chi connectivity index (χ1n) is 13.5. The largest absolute Gasteiger partial charge is 0.0805 e. The summed E-state index contributed by atoms with van der Waals surface area (Å²) in [5, 5.41) is 0. The summed E-state index contributed by atoms with van der Waals surface area (Å²) < 4.78 is 0. The van der Waals surface area contributed by atoms with Gasteiger partial charge in [0, 0.05) is 0 Å². The van der Waals surface area contributed by atoms with Crippen LogP contribution in [0.5, 0.6) is 0 Å². The Morgan fingerprint density at radius 3 is 2.10 bits per heavy atom. The highest BCUT2D eigenvalue weighted by atomic mass is 14.5. The summed E-state index contributed by atoms with van der Waals surface area (Å²) in [5.41, 5.74) is 6.90. The molecule has 2 fully saturated rings. The zero-order chi connectivity index (χ0) is 22.4. The van der Waals surface area contributed by atoms with Crippen molar-refractivity contribution < 1.29 is 0 Å². The fraction of sp³-hybridized carbons (Fsp3) is 0.742.